The van der Waals surface area contributed by atoms with Crippen molar-refractivity contribution in [2.75, 3.05) is 26.3 Å². The van der Waals surface area contributed by atoms with Crippen molar-refractivity contribution in [2.24, 2.45) is 0 Å². The molecule has 6 nitrogen and oxygen atoms in total. The molecule has 0 aromatic heterocycles. The summed E-state index contributed by atoms with van der Waals surface area (Å²) in [4.78, 5) is 23.8. The molecule has 0 spiro atoms. The van der Waals surface area contributed by atoms with Gasteiger partial charge < -0.3 is 20.1 Å². The van der Waals surface area contributed by atoms with Crippen molar-refractivity contribution >= 4 is 29.5 Å². The number of benzene rings is 2. The summed E-state index contributed by atoms with van der Waals surface area (Å²) in [7, 11) is 0. The Hall–Kier alpha value is -2.99. The maximum atomic E-state index is 11.9. The van der Waals surface area contributed by atoms with Gasteiger partial charge in [0, 0.05) is 24.7 Å². The van der Waals surface area contributed by atoms with Gasteiger partial charge >= 0.3 is 0 Å². The predicted molar refractivity (Wildman–Crippen MR) is 103 cm³/mol. The number of nitrogens with one attached hydrogen (secondary N) is 2. The number of ether oxygens (including phenoxy) is 2. The minimum Gasteiger partial charge on any atom is -0.486 e. The zero-order chi connectivity index (χ0) is 19.1. The average Bonchev–Trinajstić information content (AvgIpc) is 2.70. The average molecular weight is 387 g/mol. The molecular weight excluding hydrogens is 368 g/mol. The van der Waals surface area contributed by atoms with Crippen LogP contribution in [-0.2, 0) is 4.79 Å². The van der Waals surface area contributed by atoms with E-state index in [9.17, 15) is 9.59 Å². The summed E-state index contributed by atoms with van der Waals surface area (Å²) < 4.78 is 11.0. The van der Waals surface area contributed by atoms with Crippen LogP contribution in [-0.4, -0.2) is 38.1 Å². The molecule has 0 atom stereocenters. The van der Waals surface area contributed by atoms with Gasteiger partial charge in [-0.1, -0.05) is 29.8 Å². The molecular formula is C20H19ClN2O4. The molecule has 0 aliphatic carbocycles. The van der Waals surface area contributed by atoms with Gasteiger partial charge in [0.25, 0.3) is 5.91 Å². The second kappa shape index (κ2) is 9.09. The predicted octanol–water partition coefficient (Wildman–Crippen LogP) is 2.67. The fraction of sp³-hybridized carbons (Fsp3) is 0.200. The van der Waals surface area contributed by atoms with Crippen LogP contribution in [0.3, 0.4) is 0 Å². The molecule has 0 bridgehead atoms. The summed E-state index contributed by atoms with van der Waals surface area (Å²) in [5, 5.41) is 5.89. The molecule has 2 N–H and O–H groups in total. The number of carbonyl (C=O) groups is 2. The third kappa shape index (κ3) is 5.24. The molecule has 2 aromatic rings. The summed E-state index contributed by atoms with van der Waals surface area (Å²) >= 11 is 6.17. The second-order valence-corrected chi connectivity index (χ2v) is 6.18. The van der Waals surface area contributed by atoms with E-state index in [1.54, 1.807) is 42.5 Å². The molecule has 3 rings (SSSR count). The molecule has 1 aliphatic heterocycles. The zero-order valence-electron chi connectivity index (χ0n) is 14.5. The maximum Gasteiger partial charge on any atom is 0.251 e. The van der Waals surface area contributed by atoms with Gasteiger partial charge in [-0.3, -0.25) is 9.59 Å². The molecule has 1 heterocycles. The molecule has 0 unspecified atom stereocenters. The number of amides is 2. The van der Waals surface area contributed by atoms with Crippen LogP contribution in [0.5, 0.6) is 11.5 Å². The molecule has 1 aliphatic rings. The van der Waals surface area contributed by atoms with Crippen molar-refractivity contribution in [1.82, 2.24) is 10.6 Å². The number of hydrogen-bond acceptors (Lipinski definition) is 4. The highest BCUT2D eigenvalue weighted by Crippen LogP contribution is 2.38. The van der Waals surface area contributed by atoms with E-state index in [2.05, 4.69) is 10.6 Å². The first kappa shape index (κ1) is 18.8. The molecule has 2 amide bonds. The van der Waals surface area contributed by atoms with Gasteiger partial charge in [-0.15, -0.1) is 0 Å². The van der Waals surface area contributed by atoms with Crippen molar-refractivity contribution in [3.8, 4) is 11.5 Å². The van der Waals surface area contributed by atoms with Crippen LogP contribution >= 0.6 is 11.6 Å². The Labute approximate surface area is 162 Å². The Morgan fingerprint density at radius 3 is 2.59 bits per heavy atom. The number of hydrogen-bond donors (Lipinski definition) is 2. The van der Waals surface area contributed by atoms with Gasteiger partial charge in [-0.05, 0) is 35.9 Å². The Kier molecular flexibility index (Phi) is 6.33. The van der Waals surface area contributed by atoms with Crippen molar-refractivity contribution < 1.29 is 19.1 Å². The van der Waals surface area contributed by atoms with Crippen LogP contribution in [0, 0.1) is 0 Å². The molecule has 2 aromatic carbocycles. The maximum absolute atomic E-state index is 11.9. The highest BCUT2D eigenvalue weighted by molar-refractivity contribution is 6.32. The summed E-state index contributed by atoms with van der Waals surface area (Å²) in [6.45, 7) is 1.59. The summed E-state index contributed by atoms with van der Waals surface area (Å²) in [6, 6.07) is 12.4. The lowest BCUT2D eigenvalue weighted by molar-refractivity contribution is -0.116. The first-order valence-electron chi connectivity index (χ1n) is 8.52. The van der Waals surface area contributed by atoms with Crippen LogP contribution in [0.1, 0.15) is 15.9 Å². The van der Waals surface area contributed by atoms with Crippen LogP contribution in [0.2, 0.25) is 5.02 Å². The van der Waals surface area contributed by atoms with E-state index in [1.807, 2.05) is 6.07 Å². The molecule has 0 saturated carbocycles. The van der Waals surface area contributed by atoms with E-state index in [0.717, 1.165) is 5.56 Å². The fourth-order valence-corrected chi connectivity index (χ4v) is 2.78. The van der Waals surface area contributed by atoms with E-state index < -0.39 is 0 Å². The van der Waals surface area contributed by atoms with Crippen molar-refractivity contribution in [3.63, 3.8) is 0 Å². The van der Waals surface area contributed by atoms with Gasteiger partial charge in [0.05, 0.1) is 5.02 Å². The summed E-state index contributed by atoms with van der Waals surface area (Å²) in [5.41, 5.74) is 1.32. The minimum absolute atomic E-state index is 0.175. The number of fused-ring (bicyclic) bond motifs is 1. The first-order chi connectivity index (χ1) is 13.1. The van der Waals surface area contributed by atoms with Crippen molar-refractivity contribution in [2.45, 2.75) is 0 Å². The highest BCUT2D eigenvalue weighted by atomic mass is 35.5. The van der Waals surface area contributed by atoms with Gasteiger partial charge in [-0.2, -0.15) is 0 Å². The topological polar surface area (TPSA) is 76.7 Å². The standard InChI is InChI=1S/C20H19ClN2O4/c21-16-12-14(13-17-19(16)27-11-10-26-17)6-7-18(24)22-8-9-23-20(25)15-4-2-1-3-5-15/h1-7,12-13H,8-11H2,(H,22,24)(H,23,25)/b7-6+. The number of carbonyl (C=O) groups excluding carboxylic acids is 2. The number of rotatable bonds is 6. The third-order valence-electron chi connectivity index (χ3n) is 3.79. The molecule has 7 heteroatoms. The normalized spacial score (nSPS) is 12.6. The van der Waals surface area contributed by atoms with Gasteiger partial charge in [0.2, 0.25) is 5.91 Å². The SMILES string of the molecule is O=C(/C=C/c1cc(Cl)c2c(c1)OCCO2)NCCNC(=O)c1ccccc1. The Balaban J connectivity index is 1.45. The minimum atomic E-state index is -0.269. The monoisotopic (exact) mass is 386 g/mol. The molecule has 0 fully saturated rings. The second-order valence-electron chi connectivity index (χ2n) is 5.77. The van der Waals surface area contributed by atoms with Gasteiger partial charge in [0.15, 0.2) is 11.5 Å². The number of halogens is 1. The van der Waals surface area contributed by atoms with E-state index in [0.29, 0.717) is 48.4 Å². The Morgan fingerprint density at radius 1 is 1.04 bits per heavy atom. The van der Waals surface area contributed by atoms with E-state index >= 15 is 0 Å². The first-order valence-corrected chi connectivity index (χ1v) is 8.89. The lowest BCUT2D eigenvalue weighted by Crippen LogP contribution is -2.33. The van der Waals surface area contributed by atoms with Crippen LogP contribution < -0.4 is 20.1 Å². The highest BCUT2D eigenvalue weighted by Gasteiger charge is 2.15. The summed E-state index contributed by atoms with van der Waals surface area (Å²) in [6.07, 6.45) is 3.04. The quantitative estimate of drug-likeness (QED) is 0.591. The van der Waals surface area contributed by atoms with Crippen molar-refractivity contribution in [3.05, 3.63) is 64.7 Å². The molecule has 0 radical (unpaired) electrons. The van der Waals surface area contributed by atoms with Gasteiger partial charge in [0.1, 0.15) is 13.2 Å². The summed E-state index contributed by atoms with van der Waals surface area (Å²) in [5.74, 6) is 0.650. The molecule has 0 saturated heterocycles. The third-order valence-corrected chi connectivity index (χ3v) is 4.07. The molecule has 140 valence electrons. The van der Waals surface area contributed by atoms with Crippen LogP contribution in [0.15, 0.2) is 48.5 Å². The van der Waals surface area contributed by atoms with Crippen LogP contribution in [0.25, 0.3) is 6.08 Å². The largest absolute Gasteiger partial charge is 0.486 e. The van der Waals surface area contributed by atoms with E-state index in [-0.39, 0.29) is 11.8 Å². The van der Waals surface area contributed by atoms with E-state index in [1.165, 1.54) is 6.08 Å². The Bertz CT molecular complexity index is 853. The lowest BCUT2D eigenvalue weighted by Gasteiger charge is -2.19. The fourth-order valence-electron chi connectivity index (χ4n) is 2.51. The van der Waals surface area contributed by atoms with Crippen molar-refractivity contribution in [1.29, 1.82) is 0 Å². The smallest absolute Gasteiger partial charge is 0.251 e. The zero-order valence-corrected chi connectivity index (χ0v) is 15.3. The molecule has 27 heavy (non-hydrogen) atoms. The van der Waals surface area contributed by atoms with Gasteiger partial charge in [-0.25, -0.2) is 0 Å². The van der Waals surface area contributed by atoms with Crippen LogP contribution in [0.4, 0.5) is 0 Å². The lowest BCUT2D eigenvalue weighted by atomic mass is 10.1. The Morgan fingerprint density at radius 2 is 1.78 bits per heavy atom. The van der Waals surface area contributed by atoms with E-state index in [4.69, 9.17) is 21.1 Å².